The molecule has 2 rings (SSSR count). The van der Waals surface area contributed by atoms with Crippen molar-refractivity contribution in [1.82, 2.24) is 9.97 Å². The van der Waals surface area contributed by atoms with Crippen LogP contribution in [0, 0.1) is 0 Å². The van der Waals surface area contributed by atoms with E-state index in [2.05, 4.69) is 22.2 Å². The molecule has 20 heavy (non-hydrogen) atoms. The molecular weight excluding hydrogens is 313 g/mol. The highest BCUT2D eigenvalue weighted by molar-refractivity contribution is 7.98. The van der Waals surface area contributed by atoms with Gasteiger partial charge < -0.3 is 5.32 Å². The van der Waals surface area contributed by atoms with Gasteiger partial charge in [0.2, 0.25) is 0 Å². The summed E-state index contributed by atoms with van der Waals surface area (Å²) >= 11 is 13.6. The van der Waals surface area contributed by atoms with Crippen LogP contribution in [0.4, 0.5) is 5.82 Å². The molecule has 0 saturated heterocycles. The van der Waals surface area contributed by atoms with Gasteiger partial charge in [-0.15, -0.1) is 0 Å². The van der Waals surface area contributed by atoms with E-state index >= 15 is 0 Å². The third-order valence-electron chi connectivity index (χ3n) is 2.53. The van der Waals surface area contributed by atoms with Gasteiger partial charge in [-0.05, 0) is 30.7 Å². The van der Waals surface area contributed by atoms with Gasteiger partial charge in [0.25, 0.3) is 0 Å². The average Bonchev–Trinajstić information content (AvgIpc) is 2.46. The number of hydrogen-bond donors (Lipinski definition) is 1. The molecule has 3 nitrogen and oxygen atoms in total. The second kappa shape index (κ2) is 7.72. The summed E-state index contributed by atoms with van der Waals surface area (Å²) in [6.45, 7) is 3.02. The normalized spacial score (nSPS) is 10.6. The summed E-state index contributed by atoms with van der Waals surface area (Å²) in [5, 5.41) is 5.47. The van der Waals surface area contributed by atoms with E-state index in [4.69, 9.17) is 23.2 Å². The van der Waals surface area contributed by atoms with Crippen molar-refractivity contribution in [1.29, 1.82) is 0 Å². The summed E-state index contributed by atoms with van der Waals surface area (Å²) in [5.41, 5.74) is 0.856. The van der Waals surface area contributed by atoms with E-state index in [9.17, 15) is 0 Å². The molecule has 0 aromatic carbocycles. The van der Waals surface area contributed by atoms with Gasteiger partial charge in [0.15, 0.2) is 0 Å². The molecule has 0 saturated carbocycles. The van der Waals surface area contributed by atoms with E-state index in [0.717, 1.165) is 29.5 Å². The molecule has 0 atom stereocenters. The Kier molecular flexibility index (Phi) is 5.95. The molecule has 106 valence electrons. The zero-order valence-electron chi connectivity index (χ0n) is 11.1. The number of nitrogens with zero attached hydrogens (tertiary/aromatic N) is 2. The molecule has 6 heteroatoms. The fourth-order valence-electron chi connectivity index (χ4n) is 1.53. The first-order valence-electron chi connectivity index (χ1n) is 6.32. The Morgan fingerprint density at radius 3 is 2.75 bits per heavy atom. The molecule has 0 amide bonds. The molecule has 0 aliphatic carbocycles. The monoisotopic (exact) mass is 327 g/mol. The SMILES string of the molecule is CCCNc1ccc(Cl)c(CSc2ccc(Cl)cn2)n1. The zero-order chi connectivity index (χ0) is 14.4. The third-order valence-corrected chi connectivity index (χ3v) is 4.05. The van der Waals surface area contributed by atoms with Crippen molar-refractivity contribution in [3.8, 4) is 0 Å². The predicted octanol–water partition coefficient (Wildman–Crippen LogP) is 4.90. The minimum Gasteiger partial charge on any atom is -0.370 e. The Morgan fingerprint density at radius 1 is 1.20 bits per heavy atom. The molecule has 0 radical (unpaired) electrons. The molecule has 0 bridgehead atoms. The molecule has 2 heterocycles. The maximum Gasteiger partial charge on any atom is 0.126 e. The van der Waals surface area contributed by atoms with Crippen molar-refractivity contribution in [2.24, 2.45) is 0 Å². The highest BCUT2D eigenvalue weighted by Gasteiger charge is 2.06. The standard InChI is InChI=1S/C14H15Cl2N3S/c1-2-7-17-13-5-4-11(16)12(19-13)9-20-14-6-3-10(15)8-18-14/h3-6,8H,2,7,9H2,1H3,(H,17,19). The predicted molar refractivity (Wildman–Crippen MR) is 86.8 cm³/mol. The highest BCUT2D eigenvalue weighted by Crippen LogP contribution is 2.26. The smallest absolute Gasteiger partial charge is 0.126 e. The topological polar surface area (TPSA) is 37.8 Å². The van der Waals surface area contributed by atoms with Crippen LogP contribution in [0.2, 0.25) is 10.0 Å². The summed E-state index contributed by atoms with van der Waals surface area (Å²) < 4.78 is 0. The first-order valence-corrected chi connectivity index (χ1v) is 8.07. The molecular formula is C14H15Cl2N3S. The van der Waals surface area contributed by atoms with Gasteiger partial charge >= 0.3 is 0 Å². The van der Waals surface area contributed by atoms with Crippen LogP contribution in [-0.2, 0) is 5.75 Å². The molecule has 0 unspecified atom stereocenters. The van der Waals surface area contributed by atoms with E-state index in [-0.39, 0.29) is 0 Å². The quantitative estimate of drug-likeness (QED) is 0.766. The number of nitrogens with one attached hydrogen (secondary N) is 1. The lowest BCUT2D eigenvalue weighted by Gasteiger charge is -2.08. The maximum atomic E-state index is 6.18. The van der Waals surface area contributed by atoms with Gasteiger partial charge in [-0.25, -0.2) is 9.97 Å². The van der Waals surface area contributed by atoms with Gasteiger partial charge in [-0.3, -0.25) is 0 Å². The Morgan fingerprint density at radius 2 is 2.05 bits per heavy atom. The van der Waals surface area contributed by atoms with Crippen LogP contribution >= 0.6 is 35.0 Å². The molecule has 2 aromatic heterocycles. The Bertz CT molecular complexity index is 561. The van der Waals surface area contributed by atoms with E-state index in [1.807, 2.05) is 24.3 Å². The lowest BCUT2D eigenvalue weighted by atomic mass is 10.3. The first kappa shape index (κ1) is 15.4. The van der Waals surface area contributed by atoms with Gasteiger partial charge in [0, 0.05) is 18.5 Å². The van der Waals surface area contributed by atoms with Gasteiger partial charge in [-0.2, -0.15) is 0 Å². The van der Waals surface area contributed by atoms with Crippen LogP contribution in [-0.4, -0.2) is 16.5 Å². The number of pyridine rings is 2. The van der Waals surface area contributed by atoms with Crippen molar-refractivity contribution < 1.29 is 0 Å². The van der Waals surface area contributed by atoms with Gasteiger partial charge in [-0.1, -0.05) is 41.9 Å². The van der Waals surface area contributed by atoms with Gasteiger partial charge in [0.05, 0.1) is 20.8 Å². The molecule has 1 N–H and O–H groups in total. The second-order valence-corrected chi connectivity index (χ2v) is 5.99. The minimum atomic E-state index is 0.635. The lowest BCUT2D eigenvalue weighted by molar-refractivity contribution is 0.965. The van der Waals surface area contributed by atoms with Crippen LogP contribution in [0.1, 0.15) is 19.0 Å². The number of aromatic nitrogens is 2. The second-order valence-electron chi connectivity index (χ2n) is 4.16. The van der Waals surface area contributed by atoms with Crippen LogP contribution < -0.4 is 5.32 Å². The summed E-state index contributed by atoms with van der Waals surface area (Å²) in [4.78, 5) is 8.76. The molecule has 2 aromatic rings. The number of thioether (sulfide) groups is 1. The number of halogens is 2. The lowest BCUT2D eigenvalue weighted by Crippen LogP contribution is -2.03. The van der Waals surface area contributed by atoms with Gasteiger partial charge in [0.1, 0.15) is 5.82 Å². The van der Waals surface area contributed by atoms with Crippen molar-refractivity contribution in [3.05, 3.63) is 46.2 Å². The maximum absolute atomic E-state index is 6.18. The summed E-state index contributed by atoms with van der Waals surface area (Å²) in [5.74, 6) is 1.53. The first-order chi connectivity index (χ1) is 9.69. The number of anilines is 1. The van der Waals surface area contributed by atoms with Crippen molar-refractivity contribution >= 4 is 40.8 Å². The zero-order valence-corrected chi connectivity index (χ0v) is 13.4. The third kappa shape index (κ3) is 4.54. The van der Waals surface area contributed by atoms with Crippen molar-refractivity contribution in [2.45, 2.75) is 24.1 Å². The Hall–Kier alpha value is -0.970. The number of hydrogen-bond acceptors (Lipinski definition) is 4. The summed E-state index contributed by atoms with van der Waals surface area (Å²) in [6, 6.07) is 7.48. The Labute approximate surface area is 133 Å². The average molecular weight is 328 g/mol. The van der Waals surface area contributed by atoms with E-state index < -0.39 is 0 Å². The Balaban J connectivity index is 2.02. The fraction of sp³-hybridized carbons (Fsp3) is 0.286. The van der Waals surface area contributed by atoms with Crippen molar-refractivity contribution in [3.63, 3.8) is 0 Å². The van der Waals surface area contributed by atoms with Crippen LogP contribution in [0.15, 0.2) is 35.5 Å². The van der Waals surface area contributed by atoms with E-state index in [0.29, 0.717) is 15.8 Å². The molecule has 0 aliphatic rings. The van der Waals surface area contributed by atoms with Crippen LogP contribution in [0.5, 0.6) is 0 Å². The number of rotatable bonds is 6. The largest absolute Gasteiger partial charge is 0.370 e. The summed E-state index contributed by atoms with van der Waals surface area (Å²) in [6.07, 6.45) is 2.70. The minimum absolute atomic E-state index is 0.635. The fourth-order valence-corrected chi connectivity index (χ4v) is 2.69. The van der Waals surface area contributed by atoms with E-state index in [1.165, 1.54) is 0 Å². The van der Waals surface area contributed by atoms with Crippen LogP contribution in [0.25, 0.3) is 0 Å². The molecule has 0 spiro atoms. The van der Waals surface area contributed by atoms with E-state index in [1.54, 1.807) is 18.0 Å². The van der Waals surface area contributed by atoms with Crippen LogP contribution in [0.3, 0.4) is 0 Å². The molecule has 0 fully saturated rings. The highest BCUT2D eigenvalue weighted by atomic mass is 35.5. The summed E-state index contributed by atoms with van der Waals surface area (Å²) in [7, 11) is 0. The molecule has 0 aliphatic heterocycles. The van der Waals surface area contributed by atoms with Crippen molar-refractivity contribution in [2.75, 3.05) is 11.9 Å².